The molecule has 1 aromatic rings. The molecule has 0 bridgehead atoms. The minimum absolute atomic E-state index is 0.249. The lowest BCUT2D eigenvalue weighted by Gasteiger charge is -2.30. The Morgan fingerprint density at radius 2 is 2.12 bits per heavy atom. The second-order valence-corrected chi connectivity index (χ2v) is 4.84. The maximum absolute atomic E-state index is 8.83. The van der Waals surface area contributed by atoms with E-state index in [0.717, 1.165) is 24.1 Å². The molecular formula is C14H19N3. The largest absolute Gasteiger partial charge is 0.381 e. The Kier molecular flexibility index (Phi) is 3.65. The van der Waals surface area contributed by atoms with Gasteiger partial charge >= 0.3 is 0 Å². The van der Waals surface area contributed by atoms with E-state index in [-0.39, 0.29) is 6.04 Å². The summed E-state index contributed by atoms with van der Waals surface area (Å²) in [5.74, 6) is 0. The summed E-state index contributed by atoms with van der Waals surface area (Å²) in [6.07, 6.45) is 4.74. The molecule has 2 unspecified atom stereocenters. The van der Waals surface area contributed by atoms with E-state index in [1.807, 2.05) is 25.1 Å². The van der Waals surface area contributed by atoms with Gasteiger partial charge in [0.05, 0.1) is 11.6 Å². The fraction of sp³-hybridized carbons (Fsp3) is 0.500. The van der Waals surface area contributed by atoms with Crippen LogP contribution in [0.4, 0.5) is 5.69 Å². The van der Waals surface area contributed by atoms with Crippen molar-refractivity contribution in [2.45, 2.75) is 44.7 Å². The molecule has 0 amide bonds. The van der Waals surface area contributed by atoms with Gasteiger partial charge in [0.2, 0.25) is 0 Å². The first-order chi connectivity index (χ1) is 8.20. The van der Waals surface area contributed by atoms with Crippen LogP contribution in [0.5, 0.6) is 0 Å². The van der Waals surface area contributed by atoms with Crippen LogP contribution in [0, 0.1) is 18.3 Å². The first kappa shape index (κ1) is 11.9. The average Bonchev–Trinajstić information content (AvgIpc) is 2.34. The Bertz CT molecular complexity index is 434. The van der Waals surface area contributed by atoms with Crippen LogP contribution in [0.1, 0.15) is 36.8 Å². The zero-order chi connectivity index (χ0) is 12.3. The SMILES string of the molecule is Cc1cc(C#N)ccc1NC1CCCCC1N. The second-order valence-electron chi connectivity index (χ2n) is 4.84. The van der Waals surface area contributed by atoms with Crippen molar-refractivity contribution in [2.24, 2.45) is 5.73 Å². The zero-order valence-electron chi connectivity index (χ0n) is 10.2. The van der Waals surface area contributed by atoms with Gasteiger partial charge in [-0.25, -0.2) is 0 Å². The maximum atomic E-state index is 8.83. The number of nitrogens with zero attached hydrogens (tertiary/aromatic N) is 1. The molecule has 0 aromatic heterocycles. The van der Waals surface area contributed by atoms with Gasteiger partial charge in [0, 0.05) is 17.8 Å². The number of rotatable bonds is 2. The fourth-order valence-corrected chi connectivity index (χ4v) is 2.43. The van der Waals surface area contributed by atoms with Crippen molar-refractivity contribution in [2.75, 3.05) is 5.32 Å². The highest BCUT2D eigenvalue weighted by Crippen LogP contribution is 2.23. The summed E-state index contributed by atoms with van der Waals surface area (Å²) in [4.78, 5) is 0. The summed E-state index contributed by atoms with van der Waals surface area (Å²) >= 11 is 0. The molecule has 1 aliphatic carbocycles. The Morgan fingerprint density at radius 1 is 1.35 bits per heavy atom. The minimum atomic E-state index is 0.249. The van der Waals surface area contributed by atoms with E-state index >= 15 is 0 Å². The zero-order valence-corrected chi connectivity index (χ0v) is 10.2. The van der Waals surface area contributed by atoms with Gasteiger partial charge in [0.25, 0.3) is 0 Å². The van der Waals surface area contributed by atoms with Gasteiger partial charge in [-0.1, -0.05) is 12.8 Å². The van der Waals surface area contributed by atoms with E-state index in [4.69, 9.17) is 11.0 Å². The third kappa shape index (κ3) is 2.78. The molecule has 1 aromatic carbocycles. The van der Waals surface area contributed by atoms with E-state index in [1.54, 1.807) is 0 Å². The van der Waals surface area contributed by atoms with E-state index < -0.39 is 0 Å². The smallest absolute Gasteiger partial charge is 0.0991 e. The topological polar surface area (TPSA) is 61.8 Å². The lowest BCUT2D eigenvalue weighted by molar-refractivity contribution is 0.404. The number of aryl methyl sites for hydroxylation is 1. The predicted octanol–water partition coefficient (Wildman–Crippen LogP) is 2.55. The third-order valence-corrected chi connectivity index (χ3v) is 3.52. The van der Waals surface area contributed by atoms with Crippen molar-refractivity contribution in [1.82, 2.24) is 0 Å². The summed E-state index contributed by atoms with van der Waals surface area (Å²) < 4.78 is 0. The molecule has 3 N–H and O–H groups in total. The van der Waals surface area contributed by atoms with Crippen molar-refractivity contribution < 1.29 is 0 Å². The molecule has 0 saturated heterocycles. The van der Waals surface area contributed by atoms with Crippen LogP contribution in [-0.4, -0.2) is 12.1 Å². The Labute approximate surface area is 103 Å². The molecule has 0 spiro atoms. The number of anilines is 1. The lowest BCUT2D eigenvalue weighted by atomic mass is 9.90. The summed E-state index contributed by atoms with van der Waals surface area (Å²) in [6, 6.07) is 8.52. The summed E-state index contributed by atoms with van der Waals surface area (Å²) in [6.45, 7) is 2.03. The lowest BCUT2D eigenvalue weighted by Crippen LogP contribution is -2.42. The van der Waals surface area contributed by atoms with E-state index in [1.165, 1.54) is 12.8 Å². The number of nitriles is 1. The van der Waals surface area contributed by atoms with Gasteiger partial charge in [-0.05, 0) is 43.5 Å². The summed E-state index contributed by atoms with van der Waals surface area (Å²) in [5.41, 5.74) is 9.04. The van der Waals surface area contributed by atoms with Gasteiger partial charge in [-0.2, -0.15) is 5.26 Å². The van der Waals surface area contributed by atoms with Crippen LogP contribution < -0.4 is 11.1 Å². The Morgan fingerprint density at radius 3 is 2.76 bits per heavy atom. The minimum Gasteiger partial charge on any atom is -0.381 e. The van der Waals surface area contributed by atoms with Gasteiger partial charge in [-0.15, -0.1) is 0 Å². The highest BCUT2D eigenvalue weighted by molar-refractivity contribution is 5.54. The molecule has 17 heavy (non-hydrogen) atoms. The Balaban J connectivity index is 2.10. The van der Waals surface area contributed by atoms with Gasteiger partial charge < -0.3 is 11.1 Å². The van der Waals surface area contributed by atoms with E-state index in [2.05, 4.69) is 11.4 Å². The van der Waals surface area contributed by atoms with Crippen molar-refractivity contribution in [3.8, 4) is 6.07 Å². The van der Waals surface area contributed by atoms with Gasteiger partial charge in [-0.3, -0.25) is 0 Å². The standard InChI is InChI=1S/C14H19N3/c1-10-8-11(9-15)6-7-13(10)17-14-5-3-2-4-12(14)16/h6-8,12,14,17H,2-5,16H2,1H3. The van der Waals surface area contributed by atoms with Gasteiger partial charge in [0.15, 0.2) is 0 Å². The first-order valence-corrected chi connectivity index (χ1v) is 6.23. The molecule has 1 saturated carbocycles. The van der Waals surface area contributed by atoms with Crippen LogP contribution >= 0.6 is 0 Å². The fourth-order valence-electron chi connectivity index (χ4n) is 2.43. The van der Waals surface area contributed by atoms with E-state index in [0.29, 0.717) is 11.6 Å². The van der Waals surface area contributed by atoms with Crippen LogP contribution in [0.2, 0.25) is 0 Å². The van der Waals surface area contributed by atoms with Crippen molar-refractivity contribution in [1.29, 1.82) is 5.26 Å². The van der Waals surface area contributed by atoms with Crippen LogP contribution in [0.3, 0.4) is 0 Å². The highest BCUT2D eigenvalue weighted by Gasteiger charge is 2.21. The number of nitrogens with one attached hydrogen (secondary N) is 1. The number of nitrogens with two attached hydrogens (primary N) is 1. The average molecular weight is 229 g/mol. The summed E-state index contributed by atoms with van der Waals surface area (Å²) in [7, 11) is 0. The normalized spacial score (nSPS) is 24.1. The number of hydrogen-bond donors (Lipinski definition) is 2. The van der Waals surface area contributed by atoms with Crippen LogP contribution in [0.15, 0.2) is 18.2 Å². The summed E-state index contributed by atoms with van der Waals surface area (Å²) in [5, 5.41) is 12.3. The van der Waals surface area contributed by atoms with Crippen molar-refractivity contribution in [3.63, 3.8) is 0 Å². The maximum Gasteiger partial charge on any atom is 0.0991 e. The molecule has 3 heteroatoms. The first-order valence-electron chi connectivity index (χ1n) is 6.23. The molecule has 1 fully saturated rings. The molecule has 90 valence electrons. The van der Waals surface area contributed by atoms with Crippen molar-refractivity contribution in [3.05, 3.63) is 29.3 Å². The number of benzene rings is 1. The molecule has 0 radical (unpaired) electrons. The monoisotopic (exact) mass is 229 g/mol. The van der Waals surface area contributed by atoms with Crippen molar-refractivity contribution >= 4 is 5.69 Å². The third-order valence-electron chi connectivity index (χ3n) is 3.52. The molecule has 2 rings (SSSR count). The highest BCUT2D eigenvalue weighted by atomic mass is 15.0. The predicted molar refractivity (Wildman–Crippen MR) is 69.7 cm³/mol. The van der Waals surface area contributed by atoms with E-state index in [9.17, 15) is 0 Å². The molecule has 0 heterocycles. The second kappa shape index (κ2) is 5.20. The quantitative estimate of drug-likeness (QED) is 0.819. The van der Waals surface area contributed by atoms with Gasteiger partial charge in [0.1, 0.15) is 0 Å². The molecule has 0 aliphatic heterocycles. The molecule has 1 aliphatic rings. The van der Waals surface area contributed by atoms with Crippen LogP contribution in [0.25, 0.3) is 0 Å². The number of hydrogen-bond acceptors (Lipinski definition) is 3. The molecule has 3 nitrogen and oxygen atoms in total. The van der Waals surface area contributed by atoms with Crippen LogP contribution in [-0.2, 0) is 0 Å². The Hall–Kier alpha value is -1.53. The molecule has 2 atom stereocenters. The molecular weight excluding hydrogens is 210 g/mol.